The molecule has 1 aliphatic carbocycles. The molecule has 1 saturated carbocycles. The third-order valence-electron chi connectivity index (χ3n) is 3.74. The fourth-order valence-electron chi connectivity index (χ4n) is 2.67. The molecule has 0 aromatic carbocycles. The van der Waals surface area contributed by atoms with E-state index in [4.69, 9.17) is 4.74 Å². The SMILES string of the molecule is CC1(NCC2CCCO2)CCCCC1. The van der Waals surface area contributed by atoms with E-state index in [9.17, 15) is 0 Å². The van der Waals surface area contributed by atoms with E-state index in [0.29, 0.717) is 11.6 Å². The van der Waals surface area contributed by atoms with Crippen molar-refractivity contribution in [3.05, 3.63) is 0 Å². The molecule has 2 fully saturated rings. The van der Waals surface area contributed by atoms with Crippen molar-refractivity contribution in [2.24, 2.45) is 0 Å². The third kappa shape index (κ3) is 2.71. The van der Waals surface area contributed by atoms with Gasteiger partial charge in [0.2, 0.25) is 0 Å². The highest BCUT2D eigenvalue weighted by Gasteiger charge is 2.27. The summed E-state index contributed by atoms with van der Waals surface area (Å²) >= 11 is 0. The number of ether oxygens (including phenoxy) is 1. The first-order chi connectivity index (χ1) is 6.79. The molecule has 82 valence electrons. The molecule has 1 aliphatic heterocycles. The fourth-order valence-corrected chi connectivity index (χ4v) is 2.67. The predicted octanol–water partition coefficient (Wildman–Crippen LogP) is 2.48. The van der Waals surface area contributed by atoms with Crippen LogP contribution >= 0.6 is 0 Å². The van der Waals surface area contributed by atoms with Crippen LogP contribution in [0.15, 0.2) is 0 Å². The van der Waals surface area contributed by atoms with Gasteiger partial charge in [-0.1, -0.05) is 19.3 Å². The Bertz CT molecular complexity index is 169. The van der Waals surface area contributed by atoms with E-state index in [1.807, 2.05) is 0 Å². The maximum Gasteiger partial charge on any atom is 0.0700 e. The quantitative estimate of drug-likeness (QED) is 0.750. The molecule has 0 amide bonds. The predicted molar refractivity (Wildman–Crippen MR) is 58.5 cm³/mol. The van der Waals surface area contributed by atoms with Crippen LogP contribution in [0, 0.1) is 0 Å². The van der Waals surface area contributed by atoms with Crippen molar-refractivity contribution < 1.29 is 4.74 Å². The maximum atomic E-state index is 5.63. The highest BCUT2D eigenvalue weighted by molar-refractivity contribution is 4.87. The van der Waals surface area contributed by atoms with Crippen LogP contribution < -0.4 is 5.32 Å². The molecular formula is C12H23NO. The number of nitrogens with one attached hydrogen (secondary N) is 1. The monoisotopic (exact) mass is 197 g/mol. The summed E-state index contributed by atoms with van der Waals surface area (Å²) in [5.74, 6) is 0. The van der Waals surface area contributed by atoms with Gasteiger partial charge in [0.25, 0.3) is 0 Å². The fraction of sp³-hybridized carbons (Fsp3) is 1.00. The summed E-state index contributed by atoms with van der Waals surface area (Å²) in [6.07, 6.45) is 9.92. The first-order valence-electron chi connectivity index (χ1n) is 6.15. The van der Waals surface area contributed by atoms with Crippen molar-refractivity contribution in [1.82, 2.24) is 5.32 Å². The van der Waals surface area contributed by atoms with Crippen LogP contribution in [-0.2, 0) is 4.74 Å². The van der Waals surface area contributed by atoms with Gasteiger partial charge in [-0.2, -0.15) is 0 Å². The number of hydrogen-bond acceptors (Lipinski definition) is 2. The molecule has 1 heterocycles. The van der Waals surface area contributed by atoms with Gasteiger partial charge in [-0.3, -0.25) is 0 Å². The summed E-state index contributed by atoms with van der Waals surface area (Å²) in [6, 6.07) is 0. The summed E-state index contributed by atoms with van der Waals surface area (Å²) in [4.78, 5) is 0. The van der Waals surface area contributed by atoms with Gasteiger partial charge < -0.3 is 10.1 Å². The molecule has 1 atom stereocenters. The normalized spacial score (nSPS) is 31.9. The molecule has 0 aromatic rings. The molecule has 2 rings (SSSR count). The summed E-state index contributed by atoms with van der Waals surface area (Å²) in [6.45, 7) is 4.42. The second-order valence-electron chi connectivity index (χ2n) is 5.14. The van der Waals surface area contributed by atoms with Crippen LogP contribution in [0.2, 0.25) is 0 Å². The minimum atomic E-state index is 0.407. The van der Waals surface area contributed by atoms with Gasteiger partial charge >= 0.3 is 0 Å². The molecule has 2 aliphatic rings. The lowest BCUT2D eigenvalue weighted by Gasteiger charge is -2.35. The minimum Gasteiger partial charge on any atom is -0.377 e. The first-order valence-corrected chi connectivity index (χ1v) is 6.15. The Labute approximate surface area is 87.4 Å². The van der Waals surface area contributed by atoms with Gasteiger partial charge in [-0.25, -0.2) is 0 Å². The highest BCUT2D eigenvalue weighted by atomic mass is 16.5. The van der Waals surface area contributed by atoms with Crippen LogP contribution in [-0.4, -0.2) is 24.8 Å². The van der Waals surface area contributed by atoms with E-state index in [0.717, 1.165) is 13.2 Å². The van der Waals surface area contributed by atoms with Crippen molar-refractivity contribution in [2.45, 2.75) is 63.5 Å². The van der Waals surface area contributed by atoms with Crippen molar-refractivity contribution in [2.75, 3.05) is 13.2 Å². The lowest BCUT2D eigenvalue weighted by atomic mass is 9.83. The molecule has 0 aromatic heterocycles. The van der Waals surface area contributed by atoms with E-state index in [-0.39, 0.29) is 0 Å². The topological polar surface area (TPSA) is 21.3 Å². The smallest absolute Gasteiger partial charge is 0.0700 e. The average Bonchev–Trinajstić information content (AvgIpc) is 2.69. The molecule has 0 bridgehead atoms. The highest BCUT2D eigenvalue weighted by Crippen LogP contribution is 2.27. The van der Waals surface area contributed by atoms with E-state index < -0.39 is 0 Å². The summed E-state index contributed by atoms with van der Waals surface area (Å²) in [5, 5.41) is 3.71. The maximum absolute atomic E-state index is 5.63. The molecule has 2 heteroatoms. The van der Waals surface area contributed by atoms with Crippen molar-refractivity contribution >= 4 is 0 Å². The lowest BCUT2D eigenvalue weighted by molar-refractivity contribution is 0.0971. The van der Waals surface area contributed by atoms with Crippen LogP contribution in [0.4, 0.5) is 0 Å². The Kier molecular flexibility index (Phi) is 3.45. The average molecular weight is 197 g/mol. The van der Waals surface area contributed by atoms with Gasteiger partial charge in [0.15, 0.2) is 0 Å². The van der Waals surface area contributed by atoms with E-state index in [1.54, 1.807) is 0 Å². The van der Waals surface area contributed by atoms with Gasteiger partial charge in [0.05, 0.1) is 6.10 Å². The number of rotatable bonds is 3. The molecule has 14 heavy (non-hydrogen) atoms. The van der Waals surface area contributed by atoms with Gasteiger partial charge in [-0.05, 0) is 32.6 Å². The second kappa shape index (κ2) is 4.63. The minimum absolute atomic E-state index is 0.407. The Morgan fingerprint density at radius 3 is 2.64 bits per heavy atom. The molecule has 0 radical (unpaired) electrons. The van der Waals surface area contributed by atoms with Crippen molar-refractivity contribution in [3.8, 4) is 0 Å². The zero-order valence-corrected chi connectivity index (χ0v) is 9.35. The van der Waals surface area contributed by atoms with Crippen LogP contribution in [0.5, 0.6) is 0 Å². The van der Waals surface area contributed by atoms with Crippen molar-refractivity contribution in [1.29, 1.82) is 0 Å². The zero-order valence-electron chi connectivity index (χ0n) is 9.35. The molecule has 1 saturated heterocycles. The van der Waals surface area contributed by atoms with Crippen LogP contribution in [0.25, 0.3) is 0 Å². The summed E-state index contributed by atoms with van der Waals surface area (Å²) in [7, 11) is 0. The molecular weight excluding hydrogens is 174 g/mol. The molecule has 1 unspecified atom stereocenters. The van der Waals surface area contributed by atoms with Gasteiger partial charge in [0.1, 0.15) is 0 Å². The van der Waals surface area contributed by atoms with Gasteiger partial charge in [0, 0.05) is 18.7 Å². The van der Waals surface area contributed by atoms with Crippen LogP contribution in [0.3, 0.4) is 0 Å². The Morgan fingerprint density at radius 1 is 1.21 bits per heavy atom. The lowest BCUT2D eigenvalue weighted by Crippen LogP contribution is -2.46. The molecule has 1 N–H and O–H groups in total. The van der Waals surface area contributed by atoms with Crippen LogP contribution in [0.1, 0.15) is 51.9 Å². The summed E-state index contributed by atoms with van der Waals surface area (Å²) in [5.41, 5.74) is 0.407. The molecule has 0 spiro atoms. The molecule has 2 nitrogen and oxygen atoms in total. The first kappa shape index (κ1) is 10.4. The Morgan fingerprint density at radius 2 is 2.00 bits per heavy atom. The second-order valence-corrected chi connectivity index (χ2v) is 5.14. The van der Waals surface area contributed by atoms with Gasteiger partial charge in [-0.15, -0.1) is 0 Å². The standard InChI is InChI=1S/C12H23NO/c1-12(7-3-2-4-8-12)13-10-11-6-5-9-14-11/h11,13H,2-10H2,1H3. The number of hydrogen-bond donors (Lipinski definition) is 1. The zero-order chi connectivity index (χ0) is 9.86. The van der Waals surface area contributed by atoms with E-state index in [2.05, 4.69) is 12.2 Å². The Balaban J connectivity index is 1.72. The third-order valence-corrected chi connectivity index (χ3v) is 3.74. The largest absolute Gasteiger partial charge is 0.377 e. The summed E-state index contributed by atoms with van der Waals surface area (Å²) < 4.78 is 5.63. The van der Waals surface area contributed by atoms with Crippen molar-refractivity contribution in [3.63, 3.8) is 0 Å². The van der Waals surface area contributed by atoms with E-state index in [1.165, 1.54) is 44.9 Å². The van der Waals surface area contributed by atoms with E-state index >= 15 is 0 Å². The Hall–Kier alpha value is -0.0800.